The number of methoxy groups -OCH3 is 2. The van der Waals surface area contributed by atoms with E-state index in [0.29, 0.717) is 5.56 Å². The Hall–Kier alpha value is -2.42. The Morgan fingerprint density at radius 2 is 1.86 bits per heavy atom. The van der Waals surface area contributed by atoms with Crippen LogP contribution in [0.25, 0.3) is 0 Å². The lowest BCUT2D eigenvalue weighted by atomic mass is 10.2. The van der Waals surface area contributed by atoms with Crippen molar-refractivity contribution in [1.29, 1.82) is 0 Å². The van der Waals surface area contributed by atoms with E-state index >= 15 is 0 Å². The first-order chi connectivity index (χ1) is 10.6. The molecular formula is C13H12BrN3O5. The molecule has 22 heavy (non-hydrogen) atoms. The molecule has 0 aliphatic heterocycles. The van der Waals surface area contributed by atoms with E-state index in [4.69, 9.17) is 14.2 Å². The fourth-order valence-corrected chi connectivity index (χ4v) is 2.26. The number of nitro benzene ring substituents is 1. The molecule has 0 unspecified atom stereocenters. The maximum absolute atomic E-state index is 11.0. The largest absolute Gasteiger partial charge is 0.481 e. The molecule has 0 atom stereocenters. The molecule has 1 aromatic carbocycles. The van der Waals surface area contributed by atoms with Crippen LogP contribution in [0.4, 0.5) is 5.69 Å². The minimum Gasteiger partial charge on any atom is -0.481 e. The normalized spacial score (nSPS) is 10.1. The maximum atomic E-state index is 11.0. The van der Waals surface area contributed by atoms with Gasteiger partial charge in [-0.3, -0.25) is 10.1 Å². The van der Waals surface area contributed by atoms with E-state index < -0.39 is 4.92 Å². The van der Waals surface area contributed by atoms with Crippen molar-refractivity contribution in [3.63, 3.8) is 0 Å². The Balaban J connectivity index is 2.42. The number of nitro groups is 1. The minimum atomic E-state index is -0.476. The van der Waals surface area contributed by atoms with Crippen LogP contribution in [-0.4, -0.2) is 29.1 Å². The quantitative estimate of drug-likeness (QED) is 0.438. The van der Waals surface area contributed by atoms with Crippen LogP contribution in [0, 0.1) is 10.1 Å². The molecule has 2 rings (SSSR count). The molecule has 1 heterocycles. The third-order valence-corrected chi connectivity index (χ3v) is 3.28. The number of aromatic nitrogens is 2. The highest BCUT2D eigenvalue weighted by molar-refractivity contribution is 9.08. The van der Waals surface area contributed by atoms with Crippen molar-refractivity contribution in [3.8, 4) is 23.5 Å². The smallest absolute Gasteiger partial charge is 0.328 e. The summed E-state index contributed by atoms with van der Waals surface area (Å²) in [6, 6.07) is 5.98. The summed E-state index contributed by atoms with van der Waals surface area (Å²) < 4.78 is 15.6. The molecule has 0 bridgehead atoms. The summed E-state index contributed by atoms with van der Waals surface area (Å²) in [6.45, 7) is 0. The summed E-state index contributed by atoms with van der Waals surface area (Å²) in [5, 5.41) is 11.3. The SMILES string of the molecule is COc1cc(OC)nc(Oc2cccc([N+](=O)[O-])c2CBr)n1. The molecule has 9 heteroatoms. The Morgan fingerprint density at radius 1 is 1.23 bits per heavy atom. The van der Waals surface area contributed by atoms with E-state index in [9.17, 15) is 10.1 Å². The van der Waals surface area contributed by atoms with Gasteiger partial charge in [-0.05, 0) is 6.07 Å². The Bertz CT molecular complexity index is 673. The summed E-state index contributed by atoms with van der Waals surface area (Å²) in [4.78, 5) is 18.6. The molecule has 0 radical (unpaired) electrons. The second-order valence-electron chi connectivity index (χ2n) is 3.98. The number of ether oxygens (including phenoxy) is 3. The van der Waals surface area contributed by atoms with Crippen molar-refractivity contribution in [2.75, 3.05) is 14.2 Å². The average molecular weight is 370 g/mol. The number of halogens is 1. The molecule has 0 saturated carbocycles. The van der Waals surface area contributed by atoms with Gasteiger partial charge in [-0.15, -0.1) is 0 Å². The first kappa shape index (κ1) is 16.0. The lowest BCUT2D eigenvalue weighted by Crippen LogP contribution is -2.01. The topological polar surface area (TPSA) is 96.6 Å². The van der Waals surface area contributed by atoms with Crippen LogP contribution in [0.5, 0.6) is 23.5 Å². The van der Waals surface area contributed by atoms with Crippen molar-refractivity contribution in [2.45, 2.75) is 5.33 Å². The lowest BCUT2D eigenvalue weighted by Gasteiger charge is -2.10. The molecule has 8 nitrogen and oxygen atoms in total. The number of hydrogen-bond acceptors (Lipinski definition) is 7. The number of alkyl halides is 1. The van der Waals surface area contributed by atoms with Crippen LogP contribution < -0.4 is 14.2 Å². The Labute approximate surface area is 134 Å². The predicted molar refractivity (Wildman–Crippen MR) is 80.9 cm³/mol. The van der Waals surface area contributed by atoms with Gasteiger partial charge in [0.25, 0.3) is 5.69 Å². The highest BCUT2D eigenvalue weighted by atomic mass is 79.9. The standard InChI is InChI=1S/C13H12BrN3O5/c1-20-11-6-12(21-2)16-13(15-11)22-10-5-3-4-9(17(18)19)8(10)7-14/h3-6H,7H2,1-2H3. The summed E-state index contributed by atoms with van der Waals surface area (Å²) >= 11 is 3.22. The van der Waals surface area contributed by atoms with Crippen LogP contribution in [0.2, 0.25) is 0 Å². The van der Waals surface area contributed by atoms with Crippen molar-refractivity contribution in [1.82, 2.24) is 9.97 Å². The van der Waals surface area contributed by atoms with E-state index in [2.05, 4.69) is 25.9 Å². The second-order valence-corrected chi connectivity index (χ2v) is 4.54. The molecule has 0 spiro atoms. The summed E-state index contributed by atoms with van der Waals surface area (Å²) in [7, 11) is 2.89. The zero-order valence-corrected chi connectivity index (χ0v) is 13.4. The van der Waals surface area contributed by atoms with Gasteiger partial charge in [0.05, 0.1) is 30.8 Å². The Kier molecular flexibility index (Phi) is 5.10. The summed E-state index contributed by atoms with van der Waals surface area (Å²) in [5.74, 6) is 0.793. The predicted octanol–water partition coefficient (Wildman–Crippen LogP) is 3.09. The molecule has 0 aliphatic carbocycles. The van der Waals surface area contributed by atoms with Gasteiger partial charge in [-0.25, -0.2) is 0 Å². The lowest BCUT2D eigenvalue weighted by molar-refractivity contribution is -0.385. The number of rotatable bonds is 6. The van der Waals surface area contributed by atoms with Gasteiger partial charge in [0.1, 0.15) is 5.75 Å². The fourth-order valence-electron chi connectivity index (χ4n) is 1.69. The van der Waals surface area contributed by atoms with Crippen LogP contribution in [-0.2, 0) is 5.33 Å². The molecule has 0 N–H and O–H groups in total. The van der Waals surface area contributed by atoms with Crippen molar-refractivity contribution in [3.05, 3.63) is 39.9 Å². The number of hydrogen-bond donors (Lipinski definition) is 0. The monoisotopic (exact) mass is 369 g/mol. The highest BCUT2D eigenvalue weighted by Crippen LogP contribution is 2.33. The van der Waals surface area contributed by atoms with Gasteiger partial charge in [0.15, 0.2) is 0 Å². The molecule has 0 fully saturated rings. The van der Waals surface area contributed by atoms with Crippen LogP contribution in [0.1, 0.15) is 5.56 Å². The van der Waals surface area contributed by atoms with Gasteiger partial charge in [0.2, 0.25) is 11.8 Å². The van der Waals surface area contributed by atoms with Crippen molar-refractivity contribution < 1.29 is 19.1 Å². The first-order valence-electron chi connectivity index (χ1n) is 6.06. The number of nitrogens with zero attached hydrogens (tertiary/aromatic N) is 3. The molecule has 116 valence electrons. The zero-order valence-electron chi connectivity index (χ0n) is 11.8. The zero-order chi connectivity index (χ0) is 16.1. The third-order valence-electron chi connectivity index (χ3n) is 2.72. The van der Waals surface area contributed by atoms with E-state index in [-0.39, 0.29) is 34.5 Å². The fraction of sp³-hybridized carbons (Fsp3) is 0.231. The van der Waals surface area contributed by atoms with Crippen LogP contribution in [0.15, 0.2) is 24.3 Å². The maximum Gasteiger partial charge on any atom is 0.328 e. The molecule has 2 aromatic rings. The van der Waals surface area contributed by atoms with Crippen LogP contribution in [0.3, 0.4) is 0 Å². The van der Waals surface area contributed by atoms with Gasteiger partial charge < -0.3 is 14.2 Å². The van der Waals surface area contributed by atoms with E-state index in [1.54, 1.807) is 6.07 Å². The molecule has 0 amide bonds. The molecule has 1 aromatic heterocycles. The van der Waals surface area contributed by atoms with E-state index in [0.717, 1.165) is 0 Å². The Morgan fingerprint density at radius 3 is 2.36 bits per heavy atom. The van der Waals surface area contributed by atoms with Crippen LogP contribution >= 0.6 is 15.9 Å². The van der Waals surface area contributed by atoms with E-state index in [1.807, 2.05) is 0 Å². The molecule has 0 saturated heterocycles. The van der Waals surface area contributed by atoms with Gasteiger partial charge in [0, 0.05) is 11.4 Å². The second kappa shape index (κ2) is 7.03. The van der Waals surface area contributed by atoms with E-state index in [1.165, 1.54) is 32.4 Å². The first-order valence-corrected chi connectivity index (χ1v) is 7.18. The van der Waals surface area contributed by atoms with Crippen molar-refractivity contribution in [2.24, 2.45) is 0 Å². The number of benzene rings is 1. The molecular weight excluding hydrogens is 358 g/mol. The summed E-state index contributed by atoms with van der Waals surface area (Å²) in [6.07, 6.45) is 0. The highest BCUT2D eigenvalue weighted by Gasteiger charge is 2.19. The van der Waals surface area contributed by atoms with Gasteiger partial charge >= 0.3 is 6.01 Å². The van der Waals surface area contributed by atoms with Crippen molar-refractivity contribution >= 4 is 21.6 Å². The third kappa shape index (κ3) is 3.42. The van der Waals surface area contributed by atoms with Gasteiger partial charge in [-0.2, -0.15) is 9.97 Å². The minimum absolute atomic E-state index is 0.0288. The average Bonchev–Trinajstić information content (AvgIpc) is 2.54. The summed E-state index contributed by atoms with van der Waals surface area (Å²) in [5.41, 5.74) is 0.335. The molecule has 0 aliphatic rings. The van der Waals surface area contributed by atoms with Gasteiger partial charge in [-0.1, -0.05) is 22.0 Å².